The van der Waals surface area contributed by atoms with E-state index in [1.54, 1.807) is 0 Å². The number of hydrogen-bond acceptors (Lipinski definition) is 6. The fourth-order valence-electron chi connectivity index (χ4n) is 2.88. The van der Waals surface area contributed by atoms with Gasteiger partial charge in [-0.25, -0.2) is 0 Å². The van der Waals surface area contributed by atoms with Gasteiger partial charge in [-0.2, -0.15) is 0 Å². The van der Waals surface area contributed by atoms with Crippen molar-refractivity contribution in [3.05, 3.63) is 12.2 Å². The number of aliphatic hydroxyl groups excluding tert-OH is 1. The maximum Gasteiger partial charge on any atom is 0.188 e. The van der Waals surface area contributed by atoms with Gasteiger partial charge in [-0.1, -0.05) is 13.0 Å². The molecule has 0 aromatic carbocycles. The molecule has 2 aliphatic rings. The van der Waals surface area contributed by atoms with Crippen molar-refractivity contribution in [2.24, 2.45) is 5.92 Å². The van der Waals surface area contributed by atoms with Gasteiger partial charge in [0.25, 0.3) is 0 Å². The Morgan fingerprint density at radius 1 is 1.48 bits per heavy atom. The van der Waals surface area contributed by atoms with Crippen LogP contribution < -0.4 is 0 Å². The van der Waals surface area contributed by atoms with E-state index in [2.05, 4.69) is 0 Å². The van der Waals surface area contributed by atoms with Gasteiger partial charge in [-0.15, -0.1) is 0 Å². The molecule has 0 amide bonds. The molecule has 6 heteroatoms. The number of carbonyl (C=O) groups is 2. The lowest BCUT2D eigenvalue weighted by atomic mass is 9.90. The number of ether oxygens (including phenoxy) is 3. The highest BCUT2D eigenvalue weighted by atomic mass is 16.7. The van der Waals surface area contributed by atoms with Gasteiger partial charge < -0.3 is 28.9 Å². The van der Waals surface area contributed by atoms with Crippen LogP contribution in [0.3, 0.4) is 0 Å². The molecule has 0 aliphatic carbocycles. The van der Waals surface area contributed by atoms with Crippen LogP contribution in [0, 0.1) is 5.92 Å². The fourth-order valence-corrected chi connectivity index (χ4v) is 2.88. The Labute approximate surface area is 124 Å². The van der Waals surface area contributed by atoms with Crippen molar-refractivity contribution in [3.8, 4) is 0 Å². The molecule has 0 saturated carbocycles. The minimum absolute atomic E-state index is 0.110. The third kappa shape index (κ3) is 3.40. The monoisotopic (exact) mass is 298 g/mol. The predicted molar refractivity (Wildman–Crippen MR) is 73.6 cm³/mol. The van der Waals surface area contributed by atoms with Crippen LogP contribution in [-0.4, -0.2) is 55.0 Å². The van der Waals surface area contributed by atoms with E-state index in [0.717, 1.165) is 6.29 Å². The van der Waals surface area contributed by atoms with Crippen LogP contribution in [0.5, 0.6) is 0 Å². The highest BCUT2D eigenvalue weighted by Crippen LogP contribution is 2.39. The number of hydrogen-bond donors (Lipinski definition) is 1. The third-order valence-electron chi connectivity index (χ3n) is 4.18. The van der Waals surface area contributed by atoms with E-state index < -0.39 is 18.0 Å². The second-order valence-electron chi connectivity index (χ2n) is 5.61. The number of carbonyl (C=O) groups excluding carboxylic acids is 2. The summed E-state index contributed by atoms with van der Waals surface area (Å²) in [6, 6.07) is 0. The molecule has 1 N–H and O–H groups in total. The summed E-state index contributed by atoms with van der Waals surface area (Å²) >= 11 is 0. The predicted octanol–water partition coefficient (Wildman–Crippen LogP) is 0.617. The van der Waals surface area contributed by atoms with Crippen molar-refractivity contribution in [2.75, 3.05) is 7.11 Å². The summed E-state index contributed by atoms with van der Waals surface area (Å²) in [5, 5.41) is 9.81. The normalized spacial score (nSPS) is 40.9. The molecule has 6 atom stereocenters. The fraction of sp³-hybridized carbons (Fsp3) is 0.733. The molecule has 1 saturated heterocycles. The molecule has 2 heterocycles. The van der Waals surface area contributed by atoms with E-state index in [1.807, 2.05) is 19.1 Å². The van der Waals surface area contributed by atoms with Crippen LogP contribution >= 0.6 is 0 Å². The summed E-state index contributed by atoms with van der Waals surface area (Å²) in [4.78, 5) is 21.6. The van der Waals surface area contributed by atoms with Crippen LogP contribution in [0.25, 0.3) is 0 Å². The second-order valence-corrected chi connectivity index (χ2v) is 5.61. The van der Waals surface area contributed by atoms with Crippen LogP contribution in [0.4, 0.5) is 0 Å². The lowest BCUT2D eigenvalue weighted by Gasteiger charge is -2.47. The van der Waals surface area contributed by atoms with Crippen molar-refractivity contribution in [1.82, 2.24) is 0 Å². The molecule has 0 aromatic rings. The SMILES string of the molecule is CO[C@H]1CC[C@]2(C=C[C@H](C)[C@@H](CC=O)O2)O[C@@H]1[C@@H](O)C=O. The Morgan fingerprint density at radius 3 is 2.86 bits per heavy atom. The molecule has 2 aliphatic heterocycles. The first kappa shape index (κ1) is 16.3. The van der Waals surface area contributed by atoms with E-state index in [9.17, 15) is 14.7 Å². The smallest absolute Gasteiger partial charge is 0.188 e. The second kappa shape index (κ2) is 6.79. The molecule has 2 rings (SSSR count). The highest BCUT2D eigenvalue weighted by Gasteiger charge is 2.47. The quantitative estimate of drug-likeness (QED) is 0.592. The van der Waals surface area contributed by atoms with Gasteiger partial charge in [0.2, 0.25) is 0 Å². The van der Waals surface area contributed by atoms with Crippen molar-refractivity contribution < 1.29 is 28.9 Å². The van der Waals surface area contributed by atoms with Gasteiger partial charge in [0.05, 0.1) is 12.2 Å². The molecule has 6 nitrogen and oxygen atoms in total. The Balaban J connectivity index is 2.17. The Morgan fingerprint density at radius 2 is 2.24 bits per heavy atom. The molecule has 1 spiro atoms. The van der Waals surface area contributed by atoms with Crippen LogP contribution in [0.15, 0.2) is 12.2 Å². The number of aldehydes is 2. The summed E-state index contributed by atoms with van der Waals surface area (Å²) in [6.07, 6.45) is 3.78. The lowest BCUT2D eigenvalue weighted by molar-refractivity contribution is -0.307. The average Bonchev–Trinajstić information content (AvgIpc) is 2.50. The molecule has 0 aromatic heterocycles. The molecular formula is C15H22O6. The third-order valence-corrected chi connectivity index (χ3v) is 4.18. The number of methoxy groups -OCH3 is 1. The molecule has 0 unspecified atom stereocenters. The van der Waals surface area contributed by atoms with Crippen LogP contribution in [0.1, 0.15) is 26.2 Å². The van der Waals surface area contributed by atoms with Crippen molar-refractivity contribution in [3.63, 3.8) is 0 Å². The summed E-state index contributed by atoms with van der Waals surface area (Å²) < 4.78 is 17.1. The highest BCUT2D eigenvalue weighted by molar-refractivity contribution is 5.57. The maximum atomic E-state index is 10.9. The minimum Gasteiger partial charge on any atom is -0.383 e. The van der Waals surface area contributed by atoms with Gasteiger partial charge in [0.1, 0.15) is 18.5 Å². The zero-order chi connectivity index (χ0) is 15.5. The summed E-state index contributed by atoms with van der Waals surface area (Å²) in [5.41, 5.74) is 0. The van der Waals surface area contributed by atoms with Gasteiger partial charge in [0, 0.05) is 25.9 Å². The first-order valence-corrected chi connectivity index (χ1v) is 7.20. The number of rotatable bonds is 5. The average molecular weight is 298 g/mol. The van der Waals surface area contributed by atoms with Gasteiger partial charge in [-0.05, 0) is 12.5 Å². The minimum atomic E-state index is -1.27. The molecule has 21 heavy (non-hydrogen) atoms. The van der Waals surface area contributed by atoms with Crippen molar-refractivity contribution in [1.29, 1.82) is 0 Å². The Bertz CT molecular complexity index is 409. The summed E-state index contributed by atoms with van der Waals surface area (Å²) in [7, 11) is 1.52. The zero-order valence-electron chi connectivity index (χ0n) is 12.3. The van der Waals surface area contributed by atoms with Gasteiger partial charge in [-0.3, -0.25) is 0 Å². The number of aliphatic hydroxyl groups is 1. The molecule has 118 valence electrons. The lowest BCUT2D eigenvalue weighted by Crippen LogP contribution is -2.56. The summed E-state index contributed by atoms with van der Waals surface area (Å²) in [6.45, 7) is 1.97. The molecule has 1 fully saturated rings. The Kier molecular flexibility index (Phi) is 5.27. The van der Waals surface area contributed by atoms with Crippen LogP contribution in [-0.2, 0) is 23.8 Å². The van der Waals surface area contributed by atoms with Gasteiger partial charge in [0.15, 0.2) is 12.1 Å². The van der Waals surface area contributed by atoms with Crippen LogP contribution in [0.2, 0.25) is 0 Å². The van der Waals surface area contributed by atoms with E-state index in [-0.39, 0.29) is 24.5 Å². The molecular weight excluding hydrogens is 276 g/mol. The van der Waals surface area contributed by atoms with E-state index in [4.69, 9.17) is 14.2 Å². The first-order valence-electron chi connectivity index (χ1n) is 7.20. The summed E-state index contributed by atoms with van der Waals surface area (Å²) in [5.74, 6) is -0.886. The maximum absolute atomic E-state index is 10.9. The standard InChI is InChI=1S/C15H22O6/c1-10-3-6-15(20-12(10)5-8-16)7-4-13(19-2)14(21-15)11(18)9-17/h3,6,8-14,18H,4-5,7H2,1-2H3/t10-,11-,12+,13-,14+,15-/m0/s1. The first-order chi connectivity index (χ1) is 10.0. The van der Waals surface area contributed by atoms with Crippen molar-refractivity contribution in [2.45, 2.75) is 56.4 Å². The van der Waals surface area contributed by atoms with Crippen molar-refractivity contribution >= 4 is 12.6 Å². The van der Waals surface area contributed by atoms with Gasteiger partial charge >= 0.3 is 0 Å². The largest absolute Gasteiger partial charge is 0.383 e. The molecule has 0 bridgehead atoms. The van der Waals surface area contributed by atoms with E-state index in [0.29, 0.717) is 19.1 Å². The topological polar surface area (TPSA) is 82.1 Å². The Hall–Kier alpha value is -1.08. The van der Waals surface area contributed by atoms with E-state index >= 15 is 0 Å². The van der Waals surface area contributed by atoms with E-state index in [1.165, 1.54) is 7.11 Å². The zero-order valence-corrected chi connectivity index (χ0v) is 12.3. The molecule has 0 radical (unpaired) electrons.